The first-order valence-electron chi connectivity index (χ1n) is 16.0. The Morgan fingerprint density at radius 2 is 1.67 bits per heavy atom. The van der Waals surface area contributed by atoms with Crippen molar-refractivity contribution >= 4 is 0 Å². The van der Waals surface area contributed by atoms with E-state index in [9.17, 15) is 0 Å². The summed E-state index contributed by atoms with van der Waals surface area (Å²) in [5.41, 5.74) is 4.54. The molecule has 0 heteroatoms. The van der Waals surface area contributed by atoms with Crippen molar-refractivity contribution in [2.24, 2.45) is 52.3 Å². The molecule has 0 aliphatic heterocycles. The fraction of sp³-hybridized carbons (Fsp3) is 0.778. The molecular weight excluding hydrogens is 432 g/mol. The number of hydrogen-bond acceptors (Lipinski definition) is 0. The maximum Gasteiger partial charge on any atom is -0.00851 e. The van der Waals surface area contributed by atoms with E-state index in [0.717, 1.165) is 41.4 Å². The average Bonchev–Trinajstić information content (AvgIpc) is 3.22. The highest BCUT2D eigenvalue weighted by Gasteiger charge is 2.59. The van der Waals surface area contributed by atoms with Crippen LogP contribution in [0.1, 0.15) is 124 Å². The Balaban J connectivity index is 1.20. The number of fused-ring (bicyclic) bond motifs is 5. The molecule has 4 aliphatic carbocycles. The van der Waals surface area contributed by atoms with Crippen molar-refractivity contribution in [3.8, 4) is 0 Å². The maximum atomic E-state index is 2.80. The topological polar surface area (TPSA) is 0 Å². The monoisotopic (exact) mass is 488 g/mol. The van der Waals surface area contributed by atoms with Crippen LogP contribution < -0.4 is 0 Å². The summed E-state index contributed by atoms with van der Waals surface area (Å²) in [6, 6.07) is 11.1. The molecule has 3 saturated carbocycles. The maximum absolute atomic E-state index is 2.80. The summed E-state index contributed by atoms with van der Waals surface area (Å²) in [6.45, 7) is 12.9. The van der Waals surface area contributed by atoms with Gasteiger partial charge in [-0.2, -0.15) is 0 Å². The molecular formula is C36H56. The first kappa shape index (κ1) is 26.6. The highest BCUT2D eigenvalue weighted by atomic mass is 14.6. The third kappa shape index (κ3) is 5.14. The molecule has 0 nitrogen and oxygen atoms in total. The van der Waals surface area contributed by atoms with Gasteiger partial charge >= 0.3 is 0 Å². The summed E-state index contributed by atoms with van der Waals surface area (Å²) in [5.74, 6) is 6.63. The Bertz CT molecular complexity index is 879. The molecule has 3 fully saturated rings. The molecule has 0 radical (unpaired) electrons. The summed E-state index contributed by atoms with van der Waals surface area (Å²) in [5, 5.41) is 0. The van der Waals surface area contributed by atoms with E-state index >= 15 is 0 Å². The highest BCUT2D eigenvalue weighted by Crippen LogP contribution is 2.67. The number of hydrogen-bond donors (Lipinski definition) is 0. The van der Waals surface area contributed by atoms with Gasteiger partial charge in [-0.1, -0.05) is 95.9 Å². The predicted molar refractivity (Wildman–Crippen MR) is 156 cm³/mol. The van der Waals surface area contributed by atoms with Crippen molar-refractivity contribution in [2.75, 3.05) is 0 Å². The molecule has 1 aromatic rings. The van der Waals surface area contributed by atoms with Gasteiger partial charge in [-0.3, -0.25) is 0 Å². The number of rotatable bonds is 9. The van der Waals surface area contributed by atoms with Gasteiger partial charge in [-0.15, -0.1) is 0 Å². The zero-order valence-corrected chi connectivity index (χ0v) is 24.4. The summed E-state index contributed by atoms with van der Waals surface area (Å²) < 4.78 is 0. The van der Waals surface area contributed by atoms with E-state index < -0.39 is 0 Å². The van der Waals surface area contributed by atoms with Gasteiger partial charge in [0.15, 0.2) is 0 Å². The summed E-state index contributed by atoms with van der Waals surface area (Å²) in [6.07, 6.45) is 23.0. The number of allylic oxidation sites excluding steroid dienone is 2. The van der Waals surface area contributed by atoms with Crippen LogP contribution in [0.4, 0.5) is 0 Å². The van der Waals surface area contributed by atoms with E-state index in [1.165, 1.54) is 95.5 Å². The van der Waals surface area contributed by atoms with Crippen LogP contribution in [0.25, 0.3) is 0 Å². The molecule has 200 valence electrons. The van der Waals surface area contributed by atoms with Crippen LogP contribution in [0.5, 0.6) is 0 Å². The second-order valence-corrected chi connectivity index (χ2v) is 14.8. The Morgan fingerprint density at radius 3 is 2.44 bits per heavy atom. The van der Waals surface area contributed by atoms with Crippen molar-refractivity contribution in [1.29, 1.82) is 0 Å². The van der Waals surface area contributed by atoms with Crippen LogP contribution in [0, 0.1) is 52.3 Å². The van der Waals surface area contributed by atoms with Crippen molar-refractivity contribution in [3.05, 3.63) is 47.5 Å². The molecule has 36 heavy (non-hydrogen) atoms. The van der Waals surface area contributed by atoms with Crippen LogP contribution >= 0.6 is 0 Å². The molecule has 5 rings (SSSR count). The lowest BCUT2D eigenvalue weighted by Crippen LogP contribution is -2.50. The normalized spacial score (nSPS) is 38.7. The van der Waals surface area contributed by atoms with Crippen LogP contribution in [-0.4, -0.2) is 0 Å². The van der Waals surface area contributed by atoms with Crippen LogP contribution in [0.15, 0.2) is 42.0 Å². The van der Waals surface area contributed by atoms with Gasteiger partial charge in [0.05, 0.1) is 0 Å². The summed E-state index contributed by atoms with van der Waals surface area (Å²) in [7, 11) is 0. The van der Waals surface area contributed by atoms with Crippen LogP contribution in [0.2, 0.25) is 0 Å². The number of benzene rings is 1. The van der Waals surface area contributed by atoms with Gasteiger partial charge in [0.25, 0.3) is 0 Å². The van der Waals surface area contributed by atoms with Gasteiger partial charge in [-0.25, -0.2) is 0 Å². The standard InChI is InChI=1S/C36H56/c1-26(2)11-9-12-27(3)32-19-20-33-31-18-17-30-25-29(16-10-15-28-13-7-6-8-14-28)21-23-35(30,4)34(31)22-24-36(32,33)5/h6-8,13-14,17,26-27,29,31-34H,9-12,15-16,18-25H2,1-5H3/t27-,29+,31+,32-,33+,34+,35+,36-/m1/s1. The lowest BCUT2D eigenvalue weighted by atomic mass is 9.46. The highest BCUT2D eigenvalue weighted by molar-refractivity contribution is 5.25. The quantitative estimate of drug-likeness (QED) is 0.303. The smallest absolute Gasteiger partial charge is 0.00851 e. The molecule has 0 unspecified atom stereocenters. The Labute approximate surface area is 224 Å². The minimum absolute atomic E-state index is 0.515. The Hall–Kier alpha value is -1.04. The molecule has 0 N–H and O–H groups in total. The zero-order valence-electron chi connectivity index (χ0n) is 24.4. The SMILES string of the molecule is CC(C)CCC[C@@H](C)[C@H]1CC[C@H]2[C@@H]3CC=C4C[C@@H](CCCc5ccccc5)CC[C@]4(C)[C@H]3CC[C@]12C. The van der Waals surface area contributed by atoms with E-state index in [0.29, 0.717) is 10.8 Å². The van der Waals surface area contributed by atoms with E-state index in [1.807, 2.05) is 5.57 Å². The van der Waals surface area contributed by atoms with Gasteiger partial charge < -0.3 is 0 Å². The van der Waals surface area contributed by atoms with E-state index in [-0.39, 0.29) is 0 Å². The van der Waals surface area contributed by atoms with Crippen molar-refractivity contribution in [2.45, 2.75) is 125 Å². The van der Waals surface area contributed by atoms with Crippen LogP contribution in [-0.2, 0) is 6.42 Å². The molecule has 8 atom stereocenters. The molecule has 0 saturated heterocycles. The first-order chi connectivity index (χ1) is 17.3. The minimum Gasteiger partial charge on any atom is -0.0845 e. The van der Waals surface area contributed by atoms with Gasteiger partial charge in [0.2, 0.25) is 0 Å². The summed E-state index contributed by atoms with van der Waals surface area (Å²) in [4.78, 5) is 0. The number of aryl methyl sites for hydroxylation is 1. The lowest BCUT2D eigenvalue weighted by molar-refractivity contribution is -0.0529. The largest absolute Gasteiger partial charge is 0.0845 e. The minimum atomic E-state index is 0.515. The van der Waals surface area contributed by atoms with E-state index in [4.69, 9.17) is 0 Å². The molecule has 0 bridgehead atoms. The van der Waals surface area contributed by atoms with Crippen LogP contribution in [0.3, 0.4) is 0 Å². The van der Waals surface area contributed by atoms with E-state index in [2.05, 4.69) is 71.0 Å². The Kier molecular flexibility index (Phi) is 8.10. The fourth-order valence-corrected chi connectivity index (χ4v) is 10.2. The predicted octanol–water partition coefficient (Wildman–Crippen LogP) is 10.7. The van der Waals surface area contributed by atoms with Crippen molar-refractivity contribution in [3.63, 3.8) is 0 Å². The zero-order chi connectivity index (χ0) is 25.3. The molecule has 0 heterocycles. The van der Waals surface area contributed by atoms with Crippen molar-refractivity contribution < 1.29 is 0 Å². The Morgan fingerprint density at radius 1 is 0.861 bits per heavy atom. The third-order valence-corrected chi connectivity index (χ3v) is 12.3. The van der Waals surface area contributed by atoms with Gasteiger partial charge in [-0.05, 0) is 128 Å². The molecule has 0 amide bonds. The van der Waals surface area contributed by atoms with Gasteiger partial charge in [0, 0.05) is 0 Å². The molecule has 4 aliphatic rings. The second kappa shape index (κ2) is 11.0. The second-order valence-electron chi connectivity index (χ2n) is 14.8. The fourth-order valence-electron chi connectivity index (χ4n) is 10.2. The first-order valence-corrected chi connectivity index (χ1v) is 16.0. The van der Waals surface area contributed by atoms with Crippen molar-refractivity contribution in [1.82, 2.24) is 0 Å². The molecule has 0 aromatic heterocycles. The lowest BCUT2D eigenvalue weighted by Gasteiger charge is -2.58. The van der Waals surface area contributed by atoms with E-state index in [1.54, 1.807) is 0 Å². The van der Waals surface area contributed by atoms with Gasteiger partial charge in [0.1, 0.15) is 0 Å². The third-order valence-electron chi connectivity index (χ3n) is 12.3. The molecule has 0 spiro atoms. The average molecular weight is 489 g/mol. The summed E-state index contributed by atoms with van der Waals surface area (Å²) >= 11 is 0. The molecule has 1 aromatic carbocycles.